The van der Waals surface area contributed by atoms with E-state index in [0.29, 0.717) is 23.7 Å². The predicted molar refractivity (Wildman–Crippen MR) is 88.0 cm³/mol. The Bertz CT molecular complexity index is 810. The highest BCUT2D eigenvalue weighted by molar-refractivity contribution is 7.99. The minimum atomic E-state index is -0.315. The van der Waals surface area contributed by atoms with Gasteiger partial charge in [0.2, 0.25) is 5.91 Å². The fraction of sp³-hybridized carbons (Fsp3) is 0.333. The van der Waals surface area contributed by atoms with Crippen LogP contribution in [-0.2, 0) is 11.2 Å². The second-order valence-electron chi connectivity index (χ2n) is 5.44. The molecule has 1 unspecified atom stereocenters. The number of carbonyl (C=O) groups is 1. The highest BCUT2D eigenvalue weighted by Gasteiger charge is 2.29. The van der Waals surface area contributed by atoms with E-state index in [1.165, 1.54) is 30.8 Å². The number of aromatic nitrogens is 2. The number of benzene rings is 1. The van der Waals surface area contributed by atoms with E-state index >= 15 is 0 Å². The Balaban J connectivity index is 1.65. The summed E-state index contributed by atoms with van der Waals surface area (Å²) in [7, 11) is 0. The lowest BCUT2D eigenvalue weighted by Gasteiger charge is -2.31. The van der Waals surface area contributed by atoms with Gasteiger partial charge >= 0.3 is 0 Å². The molecular formula is C15H16FN5O3S. The SMILES string of the molecule is CC(=O)NCCSc1nonc1C(=NO)NC1Cc2ccc(F)cc21. The van der Waals surface area contributed by atoms with Crippen molar-refractivity contribution in [3.05, 3.63) is 40.8 Å². The predicted octanol–water partition coefficient (Wildman–Crippen LogP) is 1.46. The molecule has 3 rings (SSSR count). The maximum Gasteiger partial charge on any atom is 0.216 e. The minimum Gasteiger partial charge on any atom is -0.409 e. The molecule has 0 aliphatic heterocycles. The lowest BCUT2D eigenvalue weighted by atomic mass is 9.83. The molecule has 1 aromatic heterocycles. The fourth-order valence-corrected chi connectivity index (χ4v) is 3.26. The smallest absolute Gasteiger partial charge is 0.216 e. The molecule has 3 N–H and O–H groups in total. The number of carbonyl (C=O) groups excluding carboxylic acids is 1. The van der Waals surface area contributed by atoms with Gasteiger partial charge in [0.1, 0.15) is 5.82 Å². The number of halogens is 1. The number of hydrogen-bond acceptors (Lipinski definition) is 7. The van der Waals surface area contributed by atoms with Gasteiger partial charge in [-0.05, 0) is 40.0 Å². The zero-order chi connectivity index (χ0) is 17.8. The third-order valence-corrected chi connectivity index (χ3v) is 4.67. The largest absolute Gasteiger partial charge is 0.409 e. The molecule has 1 aromatic carbocycles. The Kier molecular flexibility index (Phi) is 5.17. The number of nitrogens with zero attached hydrogens (tertiary/aromatic N) is 3. The Labute approximate surface area is 146 Å². The molecule has 1 aliphatic rings. The van der Waals surface area contributed by atoms with E-state index in [0.717, 1.165) is 11.1 Å². The lowest BCUT2D eigenvalue weighted by molar-refractivity contribution is -0.118. The topological polar surface area (TPSA) is 113 Å². The molecule has 0 fully saturated rings. The van der Waals surface area contributed by atoms with Crippen LogP contribution < -0.4 is 10.6 Å². The molecule has 1 amide bonds. The van der Waals surface area contributed by atoms with Crippen LogP contribution in [0.1, 0.15) is 29.8 Å². The number of hydrogen-bond donors (Lipinski definition) is 3. The quantitative estimate of drug-likeness (QED) is 0.177. The van der Waals surface area contributed by atoms with Gasteiger partial charge in [0.15, 0.2) is 16.6 Å². The van der Waals surface area contributed by atoms with Crippen molar-refractivity contribution < 1.29 is 19.0 Å². The highest BCUT2D eigenvalue weighted by atomic mass is 32.2. The lowest BCUT2D eigenvalue weighted by Crippen LogP contribution is -2.36. The molecule has 8 nitrogen and oxygen atoms in total. The molecule has 0 radical (unpaired) electrons. The van der Waals surface area contributed by atoms with Crippen molar-refractivity contribution in [2.24, 2.45) is 5.16 Å². The fourth-order valence-electron chi connectivity index (χ4n) is 2.51. The average Bonchev–Trinajstić information content (AvgIpc) is 3.03. The van der Waals surface area contributed by atoms with Gasteiger partial charge in [-0.2, -0.15) is 0 Å². The highest BCUT2D eigenvalue weighted by Crippen LogP contribution is 2.34. The van der Waals surface area contributed by atoms with Crippen molar-refractivity contribution >= 4 is 23.5 Å². The normalized spacial score (nSPS) is 16.1. The first-order chi connectivity index (χ1) is 12.1. The monoisotopic (exact) mass is 365 g/mol. The first kappa shape index (κ1) is 17.2. The summed E-state index contributed by atoms with van der Waals surface area (Å²) in [5.41, 5.74) is 2.12. The first-order valence-electron chi connectivity index (χ1n) is 7.55. The number of fused-ring (bicyclic) bond motifs is 1. The van der Waals surface area contributed by atoms with Crippen LogP contribution in [0.15, 0.2) is 33.0 Å². The summed E-state index contributed by atoms with van der Waals surface area (Å²) in [4.78, 5) is 10.9. The van der Waals surface area contributed by atoms with Crippen LogP contribution in [0.25, 0.3) is 0 Å². The molecule has 0 saturated carbocycles. The summed E-state index contributed by atoms with van der Waals surface area (Å²) >= 11 is 1.31. The van der Waals surface area contributed by atoms with Gasteiger partial charge in [-0.3, -0.25) is 4.79 Å². The van der Waals surface area contributed by atoms with E-state index in [-0.39, 0.29) is 29.3 Å². The second-order valence-corrected chi connectivity index (χ2v) is 6.53. The van der Waals surface area contributed by atoms with Crippen LogP contribution in [0.5, 0.6) is 0 Å². The molecule has 10 heteroatoms. The molecule has 132 valence electrons. The molecule has 0 spiro atoms. The van der Waals surface area contributed by atoms with E-state index in [1.807, 2.05) is 0 Å². The molecule has 1 aliphatic carbocycles. The average molecular weight is 365 g/mol. The van der Waals surface area contributed by atoms with Gasteiger partial charge in [-0.1, -0.05) is 23.0 Å². The number of oxime groups is 1. The summed E-state index contributed by atoms with van der Waals surface area (Å²) in [5.74, 6) is 0.222. The number of rotatable bonds is 6. The number of thioether (sulfide) groups is 1. The van der Waals surface area contributed by atoms with Crippen LogP contribution in [0.3, 0.4) is 0 Å². The Hall–Kier alpha value is -2.62. The third-order valence-electron chi connectivity index (χ3n) is 3.72. The van der Waals surface area contributed by atoms with E-state index in [9.17, 15) is 14.4 Å². The van der Waals surface area contributed by atoms with Crippen LogP contribution in [0.2, 0.25) is 0 Å². The summed E-state index contributed by atoms with van der Waals surface area (Å²) in [6.45, 7) is 1.90. The Morgan fingerprint density at radius 1 is 1.52 bits per heavy atom. The molecule has 2 aromatic rings. The van der Waals surface area contributed by atoms with Gasteiger partial charge in [0.25, 0.3) is 0 Å². The number of nitrogens with one attached hydrogen (secondary N) is 2. The van der Waals surface area contributed by atoms with Crippen LogP contribution >= 0.6 is 11.8 Å². The molecule has 1 heterocycles. The number of amides is 1. The Morgan fingerprint density at radius 3 is 3.12 bits per heavy atom. The summed E-state index contributed by atoms with van der Waals surface area (Å²) in [6.07, 6.45) is 0.685. The minimum absolute atomic E-state index is 0.100. The van der Waals surface area contributed by atoms with Crippen molar-refractivity contribution in [2.45, 2.75) is 24.4 Å². The van der Waals surface area contributed by atoms with E-state index < -0.39 is 0 Å². The van der Waals surface area contributed by atoms with Crippen molar-refractivity contribution in [2.75, 3.05) is 12.3 Å². The summed E-state index contributed by atoms with van der Waals surface area (Å²) in [5, 5.41) is 26.2. The zero-order valence-corrected chi connectivity index (χ0v) is 14.1. The van der Waals surface area contributed by atoms with Crippen molar-refractivity contribution in [1.29, 1.82) is 0 Å². The van der Waals surface area contributed by atoms with E-state index in [1.54, 1.807) is 6.07 Å². The van der Waals surface area contributed by atoms with Crippen molar-refractivity contribution in [3.63, 3.8) is 0 Å². The zero-order valence-electron chi connectivity index (χ0n) is 13.3. The third kappa shape index (κ3) is 3.90. The van der Waals surface area contributed by atoms with Gasteiger partial charge in [-0.25, -0.2) is 9.02 Å². The van der Waals surface area contributed by atoms with E-state index in [2.05, 4.69) is 26.1 Å². The van der Waals surface area contributed by atoms with Gasteiger partial charge in [0, 0.05) is 19.2 Å². The molecule has 25 heavy (non-hydrogen) atoms. The summed E-state index contributed by atoms with van der Waals surface area (Å²) < 4.78 is 18.1. The molecule has 0 bridgehead atoms. The van der Waals surface area contributed by atoms with E-state index in [4.69, 9.17) is 4.63 Å². The standard InChI is InChI=1S/C15H16FN5O3S/c1-8(22)17-4-5-25-15-13(20-24-21-15)14(19-23)18-12-6-9-2-3-10(16)7-11(9)12/h2-3,7,12,23H,4-6H2,1H3,(H,17,22)(H,18,19). The molecule has 0 saturated heterocycles. The van der Waals surface area contributed by atoms with Crippen LogP contribution in [-0.4, -0.2) is 39.6 Å². The maximum absolute atomic E-state index is 13.4. The van der Waals surface area contributed by atoms with Gasteiger partial charge < -0.3 is 15.8 Å². The van der Waals surface area contributed by atoms with Crippen LogP contribution in [0, 0.1) is 5.82 Å². The van der Waals surface area contributed by atoms with Crippen molar-refractivity contribution in [3.8, 4) is 0 Å². The van der Waals surface area contributed by atoms with Gasteiger partial charge in [0.05, 0.1) is 6.04 Å². The maximum atomic E-state index is 13.4. The second kappa shape index (κ2) is 7.51. The number of amidine groups is 1. The first-order valence-corrected chi connectivity index (χ1v) is 8.54. The molecular weight excluding hydrogens is 349 g/mol. The van der Waals surface area contributed by atoms with Crippen molar-refractivity contribution in [1.82, 2.24) is 20.9 Å². The summed E-state index contributed by atoms with van der Waals surface area (Å²) in [6, 6.07) is 4.43. The van der Waals surface area contributed by atoms with Gasteiger partial charge in [-0.15, -0.1) is 0 Å². The Morgan fingerprint density at radius 2 is 2.36 bits per heavy atom. The van der Waals surface area contributed by atoms with Crippen LogP contribution in [0.4, 0.5) is 4.39 Å². The molecule has 1 atom stereocenters.